The Morgan fingerprint density at radius 2 is 2.06 bits per heavy atom. The zero-order valence-electron chi connectivity index (χ0n) is 8.72. The summed E-state index contributed by atoms with van der Waals surface area (Å²) in [6.45, 7) is 0. The Kier molecular flexibility index (Phi) is 4.26. The summed E-state index contributed by atoms with van der Waals surface area (Å²) in [6.07, 6.45) is 2.60. The molecule has 0 saturated heterocycles. The van der Waals surface area contributed by atoms with Crippen molar-refractivity contribution in [1.82, 2.24) is 4.72 Å². The molecule has 7 heteroatoms. The normalized spacial score (nSPS) is 25.9. The number of rotatable bonds is 4. The zero-order chi connectivity index (χ0) is 12.2. The molecule has 0 heterocycles. The van der Waals surface area contributed by atoms with Gasteiger partial charge in [0.1, 0.15) is 0 Å². The van der Waals surface area contributed by atoms with E-state index in [0.29, 0.717) is 12.8 Å². The first-order valence-corrected chi connectivity index (χ1v) is 6.71. The summed E-state index contributed by atoms with van der Waals surface area (Å²) in [4.78, 5) is 10.9. The summed E-state index contributed by atoms with van der Waals surface area (Å²) in [7, 11) is -3.67. The van der Waals surface area contributed by atoms with Crippen molar-refractivity contribution in [2.75, 3.05) is 5.75 Å². The van der Waals surface area contributed by atoms with Gasteiger partial charge in [0.2, 0.25) is 10.0 Å². The Morgan fingerprint density at radius 1 is 1.44 bits per heavy atom. The van der Waals surface area contributed by atoms with Crippen molar-refractivity contribution in [3.63, 3.8) is 0 Å². The second-order valence-corrected chi connectivity index (χ2v) is 5.62. The minimum absolute atomic E-state index is 0.481. The van der Waals surface area contributed by atoms with Gasteiger partial charge >= 0.3 is 5.97 Å². The molecule has 2 N–H and O–H groups in total. The van der Waals surface area contributed by atoms with E-state index in [-0.39, 0.29) is 0 Å². The van der Waals surface area contributed by atoms with E-state index < -0.39 is 33.7 Å². The van der Waals surface area contributed by atoms with E-state index in [1.165, 1.54) is 0 Å². The summed E-state index contributed by atoms with van der Waals surface area (Å²) in [6, 6.07) is 0.965. The number of hydrogen-bond donors (Lipinski definition) is 2. The molecule has 0 spiro atoms. The van der Waals surface area contributed by atoms with Crippen LogP contribution in [-0.2, 0) is 14.8 Å². The summed E-state index contributed by atoms with van der Waals surface area (Å²) in [5.74, 6) is -2.29. The Labute approximate surface area is 94.3 Å². The van der Waals surface area contributed by atoms with Crippen LogP contribution in [0.25, 0.3) is 0 Å². The Hall–Kier alpha value is -1.13. The molecule has 1 fully saturated rings. The largest absolute Gasteiger partial charge is 0.481 e. The minimum atomic E-state index is -3.67. The molecule has 90 valence electrons. The van der Waals surface area contributed by atoms with Gasteiger partial charge in [-0.2, -0.15) is 5.26 Å². The summed E-state index contributed by atoms with van der Waals surface area (Å²) >= 11 is 0. The molecule has 1 aliphatic rings. The van der Waals surface area contributed by atoms with E-state index >= 15 is 0 Å². The van der Waals surface area contributed by atoms with Crippen molar-refractivity contribution in [3.8, 4) is 6.07 Å². The quantitative estimate of drug-likeness (QED) is 0.730. The van der Waals surface area contributed by atoms with Crippen LogP contribution in [0.5, 0.6) is 0 Å². The molecule has 0 aromatic heterocycles. The van der Waals surface area contributed by atoms with Gasteiger partial charge in [-0.1, -0.05) is 12.8 Å². The van der Waals surface area contributed by atoms with E-state index in [1.54, 1.807) is 6.07 Å². The molecule has 0 aromatic rings. The number of carboxylic acids is 1. The highest BCUT2D eigenvalue weighted by Gasteiger charge is 2.33. The van der Waals surface area contributed by atoms with Crippen LogP contribution in [0.15, 0.2) is 0 Å². The van der Waals surface area contributed by atoms with Crippen LogP contribution in [0.3, 0.4) is 0 Å². The number of carboxylic acid groups (broad SMARTS) is 1. The lowest BCUT2D eigenvalue weighted by molar-refractivity contribution is -0.143. The zero-order valence-corrected chi connectivity index (χ0v) is 9.53. The number of nitrogens with one attached hydrogen (secondary N) is 1. The van der Waals surface area contributed by atoms with Gasteiger partial charge in [0, 0.05) is 6.04 Å². The number of nitrogens with zero attached hydrogens (tertiary/aromatic N) is 1. The van der Waals surface area contributed by atoms with Gasteiger partial charge in [-0.15, -0.1) is 0 Å². The average molecular weight is 246 g/mol. The van der Waals surface area contributed by atoms with Gasteiger partial charge in [0.05, 0.1) is 12.0 Å². The molecule has 0 bridgehead atoms. The van der Waals surface area contributed by atoms with E-state index in [1.807, 2.05) is 0 Å². The monoisotopic (exact) mass is 246 g/mol. The molecule has 0 aromatic carbocycles. The van der Waals surface area contributed by atoms with Gasteiger partial charge in [0.15, 0.2) is 5.75 Å². The van der Waals surface area contributed by atoms with Crippen LogP contribution in [0.1, 0.15) is 25.7 Å². The molecule has 0 radical (unpaired) electrons. The summed E-state index contributed by atoms with van der Waals surface area (Å²) in [5, 5.41) is 17.3. The molecule has 2 atom stereocenters. The lowest BCUT2D eigenvalue weighted by atomic mass is 9.85. The minimum Gasteiger partial charge on any atom is -0.481 e. The van der Waals surface area contributed by atoms with Crippen molar-refractivity contribution in [3.05, 3.63) is 0 Å². The molecule has 6 nitrogen and oxygen atoms in total. The smallest absolute Gasteiger partial charge is 0.308 e. The molecular weight excluding hydrogens is 232 g/mol. The Bertz CT molecular complexity index is 398. The highest BCUT2D eigenvalue weighted by atomic mass is 32.2. The van der Waals surface area contributed by atoms with Crippen molar-refractivity contribution in [2.24, 2.45) is 5.92 Å². The Balaban J connectivity index is 2.71. The van der Waals surface area contributed by atoms with Gasteiger partial charge in [-0.3, -0.25) is 4.79 Å². The lowest BCUT2D eigenvalue weighted by Gasteiger charge is -2.28. The third-order valence-electron chi connectivity index (χ3n) is 2.67. The maximum atomic E-state index is 11.3. The average Bonchev–Trinajstić information content (AvgIpc) is 2.17. The highest BCUT2D eigenvalue weighted by Crippen LogP contribution is 2.25. The number of aliphatic carboxylic acids is 1. The SMILES string of the molecule is N#CCS(=O)(=O)NC1CCCCC1C(=O)O. The molecule has 1 saturated carbocycles. The standard InChI is InChI=1S/C9H14N2O4S/c10-5-6-16(14,15)11-8-4-2-1-3-7(8)9(12)13/h7-8,11H,1-4,6H2,(H,12,13). The van der Waals surface area contributed by atoms with Gasteiger partial charge in [-0.05, 0) is 12.8 Å². The summed E-state index contributed by atoms with van der Waals surface area (Å²) in [5.41, 5.74) is 0. The van der Waals surface area contributed by atoms with Crippen LogP contribution in [0, 0.1) is 17.2 Å². The van der Waals surface area contributed by atoms with Gasteiger partial charge in [0.25, 0.3) is 0 Å². The third kappa shape index (κ3) is 3.47. The van der Waals surface area contributed by atoms with Gasteiger partial charge in [-0.25, -0.2) is 13.1 Å². The number of nitriles is 1. The van der Waals surface area contributed by atoms with E-state index in [4.69, 9.17) is 10.4 Å². The predicted molar refractivity (Wildman–Crippen MR) is 55.9 cm³/mol. The van der Waals surface area contributed by atoms with Gasteiger partial charge < -0.3 is 5.11 Å². The molecule has 0 amide bonds. The van der Waals surface area contributed by atoms with Crippen LogP contribution >= 0.6 is 0 Å². The van der Waals surface area contributed by atoms with Crippen molar-refractivity contribution < 1.29 is 18.3 Å². The Morgan fingerprint density at radius 3 is 2.62 bits per heavy atom. The topological polar surface area (TPSA) is 107 Å². The predicted octanol–water partition coefficient (Wildman–Crippen LogP) is 0.0728. The second-order valence-electron chi connectivity index (χ2n) is 3.87. The summed E-state index contributed by atoms with van der Waals surface area (Å²) < 4.78 is 25.0. The molecule has 0 aliphatic heterocycles. The van der Waals surface area contributed by atoms with Crippen molar-refractivity contribution in [2.45, 2.75) is 31.7 Å². The third-order valence-corrected chi connectivity index (χ3v) is 3.84. The van der Waals surface area contributed by atoms with E-state index in [2.05, 4.69) is 4.72 Å². The van der Waals surface area contributed by atoms with E-state index in [9.17, 15) is 13.2 Å². The van der Waals surface area contributed by atoms with Crippen molar-refractivity contribution in [1.29, 1.82) is 5.26 Å². The first-order chi connectivity index (χ1) is 7.46. The van der Waals surface area contributed by atoms with Crippen LogP contribution in [-0.4, -0.2) is 31.3 Å². The number of sulfonamides is 1. The van der Waals surface area contributed by atoms with E-state index in [0.717, 1.165) is 12.8 Å². The molecular formula is C9H14N2O4S. The highest BCUT2D eigenvalue weighted by molar-refractivity contribution is 7.89. The lowest BCUT2D eigenvalue weighted by Crippen LogP contribution is -2.45. The second kappa shape index (κ2) is 5.27. The van der Waals surface area contributed by atoms with Crippen LogP contribution < -0.4 is 4.72 Å². The molecule has 16 heavy (non-hydrogen) atoms. The number of hydrogen-bond acceptors (Lipinski definition) is 4. The van der Waals surface area contributed by atoms with Crippen molar-refractivity contribution >= 4 is 16.0 Å². The molecule has 2 unspecified atom stereocenters. The fraction of sp³-hybridized carbons (Fsp3) is 0.778. The first-order valence-electron chi connectivity index (χ1n) is 5.06. The maximum Gasteiger partial charge on any atom is 0.308 e. The fourth-order valence-corrected chi connectivity index (χ4v) is 2.92. The van der Waals surface area contributed by atoms with Crippen LogP contribution in [0.2, 0.25) is 0 Å². The maximum absolute atomic E-state index is 11.3. The molecule has 1 aliphatic carbocycles. The van der Waals surface area contributed by atoms with Crippen LogP contribution in [0.4, 0.5) is 0 Å². The first kappa shape index (κ1) is 12.9. The number of carbonyl (C=O) groups is 1. The molecule has 1 rings (SSSR count). The fourth-order valence-electron chi connectivity index (χ4n) is 1.92.